The second-order valence-corrected chi connectivity index (χ2v) is 5.93. The lowest BCUT2D eigenvalue weighted by molar-refractivity contribution is 0.586. The molecule has 0 aliphatic heterocycles. The normalized spacial score (nSPS) is 14.8. The summed E-state index contributed by atoms with van der Waals surface area (Å²) < 4.78 is 11.0. The van der Waals surface area contributed by atoms with Crippen LogP contribution in [0.1, 0.15) is 23.6 Å². The molecule has 0 aromatic heterocycles. The molecule has 2 atom stereocenters. The maximum atomic E-state index is 11.0. The summed E-state index contributed by atoms with van der Waals surface area (Å²) in [5, 5.41) is 3.40. The van der Waals surface area contributed by atoms with Crippen LogP contribution in [0.2, 0.25) is 0 Å². The Morgan fingerprint density at radius 2 is 2.06 bits per heavy atom. The number of hydrogen-bond donors (Lipinski definition) is 1. The van der Waals surface area contributed by atoms with Gasteiger partial charge in [0.1, 0.15) is 0 Å². The maximum absolute atomic E-state index is 11.0. The average molecular weight is 239 g/mol. The Labute approximate surface area is 101 Å². The molecule has 1 aromatic carbocycles. The first-order valence-corrected chi connectivity index (χ1v) is 7.31. The molecule has 1 rings (SSSR count). The molecule has 2 nitrogen and oxygen atoms in total. The molecule has 0 fully saturated rings. The highest BCUT2D eigenvalue weighted by Crippen LogP contribution is 2.10. The fourth-order valence-electron chi connectivity index (χ4n) is 1.74. The molecule has 0 saturated heterocycles. The van der Waals surface area contributed by atoms with Crippen molar-refractivity contribution in [3.05, 3.63) is 34.9 Å². The van der Waals surface area contributed by atoms with Crippen molar-refractivity contribution < 1.29 is 4.21 Å². The fourth-order valence-corrected chi connectivity index (χ4v) is 2.56. The van der Waals surface area contributed by atoms with E-state index in [1.807, 2.05) is 0 Å². The van der Waals surface area contributed by atoms with Gasteiger partial charge >= 0.3 is 0 Å². The van der Waals surface area contributed by atoms with Crippen LogP contribution in [0.3, 0.4) is 0 Å². The first-order chi connectivity index (χ1) is 7.49. The number of nitrogens with one attached hydrogen (secondary N) is 1. The third-order valence-electron chi connectivity index (χ3n) is 2.62. The van der Waals surface area contributed by atoms with Gasteiger partial charge in [0, 0.05) is 35.4 Å². The molecular formula is C13H21NOS. The molecule has 0 bridgehead atoms. The first kappa shape index (κ1) is 13.4. The molecule has 1 aromatic rings. The van der Waals surface area contributed by atoms with E-state index >= 15 is 0 Å². The summed E-state index contributed by atoms with van der Waals surface area (Å²) in [5.41, 5.74) is 3.93. The van der Waals surface area contributed by atoms with Crippen LogP contribution in [0, 0.1) is 13.8 Å². The van der Waals surface area contributed by atoms with Crippen LogP contribution in [-0.2, 0) is 17.3 Å². The fraction of sp³-hybridized carbons (Fsp3) is 0.538. The highest BCUT2D eigenvalue weighted by Gasteiger charge is 2.04. The average Bonchev–Trinajstić information content (AvgIpc) is 2.15. The molecule has 1 N–H and O–H groups in total. The van der Waals surface area contributed by atoms with Crippen molar-refractivity contribution in [2.75, 3.05) is 12.0 Å². The third-order valence-corrected chi connectivity index (χ3v) is 3.59. The van der Waals surface area contributed by atoms with Crippen molar-refractivity contribution in [2.45, 2.75) is 33.4 Å². The van der Waals surface area contributed by atoms with Gasteiger partial charge in [0.25, 0.3) is 0 Å². The number of benzene rings is 1. The number of hydrogen-bond acceptors (Lipinski definition) is 2. The van der Waals surface area contributed by atoms with Crippen molar-refractivity contribution in [3.63, 3.8) is 0 Å². The minimum absolute atomic E-state index is 0.298. The summed E-state index contributed by atoms with van der Waals surface area (Å²) in [5.74, 6) is 0.713. The second kappa shape index (κ2) is 6.16. The molecule has 2 unspecified atom stereocenters. The molecule has 0 amide bonds. The van der Waals surface area contributed by atoms with Crippen molar-refractivity contribution in [3.8, 4) is 0 Å². The minimum Gasteiger partial charge on any atom is -0.309 e. The molecule has 0 aliphatic carbocycles. The van der Waals surface area contributed by atoms with Gasteiger partial charge < -0.3 is 5.32 Å². The topological polar surface area (TPSA) is 29.1 Å². The minimum atomic E-state index is -0.725. The zero-order chi connectivity index (χ0) is 12.1. The summed E-state index contributed by atoms with van der Waals surface area (Å²) in [7, 11) is -0.725. The van der Waals surface area contributed by atoms with Crippen molar-refractivity contribution in [1.82, 2.24) is 5.32 Å². The Morgan fingerprint density at radius 1 is 1.38 bits per heavy atom. The van der Waals surface area contributed by atoms with Gasteiger partial charge in [-0.05, 0) is 31.9 Å². The highest BCUT2D eigenvalue weighted by atomic mass is 32.2. The van der Waals surface area contributed by atoms with Gasteiger partial charge in [-0.25, -0.2) is 0 Å². The van der Waals surface area contributed by atoms with Crippen LogP contribution in [0.4, 0.5) is 0 Å². The Bertz CT molecular complexity index is 376. The Kier molecular flexibility index (Phi) is 5.16. The van der Waals surface area contributed by atoms with E-state index in [1.54, 1.807) is 6.26 Å². The zero-order valence-corrected chi connectivity index (χ0v) is 11.4. The molecule has 90 valence electrons. The lowest BCUT2D eigenvalue weighted by Crippen LogP contribution is -2.30. The van der Waals surface area contributed by atoms with E-state index in [0.717, 1.165) is 6.54 Å². The number of aryl methyl sites for hydroxylation is 2. The van der Waals surface area contributed by atoms with Gasteiger partial charge in [-0.3, -0.25) is 4.21 Å². The van der Waals surface area contributed by atoms with Crippen LogP contribution in [0.25, 0.3) is 0 Å². The quantitative estimate of drug-likeness (QED) is 0.853. The van der Waals surface area contributed by atoms with Gasteiger partial charge in [-0.1, -0.05) is 23.8 Å². The van der Waals surface area contributed by atoms with Gasteiger partial charge in [0.05, 0.1) is 0 Å². The van der Waals surface area contributed by atoms with Crippen LogP contribution >= 0.6 is 0 Å². The van der Waals surface area contributed by atoms with Gasteiger partial charge in [-0.15, -0.1) is 0 Å². The first-order valence-electron chi connectivity index (χ1n) is 5.58. The van der Waals surface area contributed by atoms with E-state index in [1.165, 1.54) is 16.7 Å². The van der Waals surface area contributed by atoms with Crippen molar-refractivity contribution in [1.29, 1.82) is 0 Å². The van der Waals surface area contributed by atoms with E-state index in [-0.39, 0.29) is 0 Å². The van der Waals surface area contributed by atoms with Crippen LogP contribution in [-0.4, -0.2) is 22.3 Å². The van der Waals surface area contributed by atoms with E-state index < -0.39 is 10.8 Å². The largest absolute Gasteiger partial charge is 0.309 e. The van der Waals surface area contributed by atoms with Crippen LogP contribution in [0.15, 0.2) is 18.2 Å². The lowest BCUT2D eigenvalue weighted by atomic mass is 10.1. The van der Waals surface area contributed by atoms with E-state index in [9.17, 15) is 4.21 Å². The summed E-state index contributed by atoms with van der Waals surface area (Å²) in [6.45, 7) is 7.16. The summed E-state index contributed by atoms with van der Waals surface area (Å²) in [4.78, 5) is 0. The van der Waals surface area contributed by atoms with E-state index in [0.29, 0.717) is 11.8 Å². The molecule has 0 spiro atoms. The predicted molar refractivity (Wildman–Crippen MR) is 71.2 cm³/mol. The highest BCUT2D eigenvalue weighted by molar-refractivity contribution is 7.84. The van der Waals surface area contributed by atoms with Gasteiger partial charge in [0.15, 0.2) is 0 Å². The van der Waals surface area contributed by atoms with E-state index in [4.69, 9.17) is 0 Å². The molecule has 3 heteroatoms. The van der Waals surface area contributed by atoms with Crippen LogP contribution in [0.5, 0.6) is 0 Å². The van der Waals surface area contributed by atoms with Crippen molar-refractivity contribution >= 4 is 10.8 Å². The maximum Gasteiger partial charge on any atom is 0.0383 e. The molecule has 0 saturated carbocycles. The number of rotatable bonds is 5. The zero-order valence-electron chi connectivity index (χ0n) is 10.5. The summed E-state index contributed by atoms with van der Waals surface area (Å²) in [6, 6.07) is 6.78. The monoisotopic (exact) mass is 239 g/mol. The Morgan fingerprint density at radius 3 is 2.62 bits per heavy atom. The predicted octanol–water partition coefficient (Wildman–Crippen LogP) is 2.16. The molecule has 0 aliphatic rings. The second-order valence-electron chi connectivity index (χ2n) is 4.45. The molecule has 0 heterocycles. The summed E-state index contributed by atoms with van der Waals surface area (Å²) >= 11 is 0. The van der Waals surface area contributed by atoms with Crippen LogP contribution < -0.4 is 5.32 Å². The smallest absolute Gasteiger partial charge is 0.0383 e. The summed E-state index contributed by atoms with van der Waals surface area (Å²) in [6.07, 6.45) is 1.75. The van der Waals surface area contributed by atoms with Crippen molar-refractivity contribution in [2.24, 2.45) is 0 Å². The van der Waals surface area contributed by atoms with E-state index in [2.05, 4.69) is 44.3 Å². The Hall–Kier alpha value is -0.670. The standard InChI is InChI=1S/C13H21NOS/c1-10-5-6-13(11(2)7-10)8-14-12(3)9-16(4)15/h5-7,12,14H,8-9H2,1-4H3. The lowest BCUT2D eigenvalue weighted by Gasteiger charge is -2.14. The molecule has 16 heavy (non-hydrogen) atoms. The van der Waals surface area contributed by atoms with Gasteiger partial charge in [-0.2, -0.15) is 0 Å². The van der Waals surface area contributed by atoms with Gasteiger partial charge in [0.2, 0.25) is 0 Å². The molecular weight excluding hydrogens is 218 g/mol. The molecule has 0 radical (unpaired) electrons. The SMILES string of the molecule is Cc1ccc(CNC(C)CS(C)=O)c(C)c1. The Balaban J connectivity index is 2.51. The third kappa shape index (κ3) is 4.45.